The van der Waals surface area contributed by atoms with E-state index in [2.05, 4.69) is 185 Å². The van der Waals surface area contributed by atoms with Crippen molar-refractivity contribution in [2.75, 3.05) is 5.43 Å². The van der Waals surface area contributed by atoms with Crippen molar-refractivity contribution in [2.45, 2.75) is 105 Å². The Balaban J connectivity index is 1.39. The Morgan fingerprint density at radius 1 is 0.400 bits per heavy atom. The maximum atomic E-state index is 5.42. The largest absolute Gasteiger partial charge is 0.301 e. The van der Waals surface area contributed by atoms with Crippen LogP contribution in [0.4, 0.5) is 5.69 Å². The van der Waals surface area contributed by atoms with E-state index in [-0.39, 0.29) is 21.7 Å². The van der Waals surface area contributed by atoms with Gasteiger partial charge in [-0.2, -0.15) is 0 Å². The second-order valence-electron chi connectivity index (χ2n) is 20.4. The molecule has 0 saturated heterocycles. The average molecular weight is 791 g/mol. The van der Waals surface area contributed by atoms with Gasteiger partial charge < -0.3 is 5.43 Å². The van der Waals surface area contributed by atoms with Crippen molar-refractivity contribution in [3.8, 4) is 0 Å². The van der Waals surface area contributed by atoms with Crippen LogP contribution in [0.2, 0.25) is 0 Å². The molecule has 5 aliphatic rings. The third-order valence-electron chi connectivity index (χ3n) is 11.4. The van der Waals surface area contributed by atoms with E-state index in [0.29, 0.717) is 0 Å². The number of aliphatic imine (C=N–C) groups is 4. The van der Waals surface area contributed by atoms with Crippen LogP contribution in [0.15, 0.2) is 170 Å². The minimum Gasteiger partial charge on any atom is -0.301 e. The molecule has 0 spiro atoms. The first-order valence-electron chi connectivity index (χ1n) is 21.1. The number of allylic oxidation sites excluding steroid dienone is 11. The second-order valence-corrected chi connectivity index (χ2v) is 20.4. The molecule has 2 N–H and O–H groups in total. The fourth-order valence-corrected chi connectivity index (χ4v) is 7.67. The van der Waals surface area contributed by atoms with Crippen LogP contribution in [-0.4, -0.2) is 22.8 Å². The quantitative estimate of drug-likeness (QED) is 0.253. The first kappa shape index (κ1) is 40.6. The molecule has 0 fully saturated rings. The number of rotatable bonds is 5. The first-order valence-corrected chi connectivity index (χ1v) is 21.1. The van der Waals surface area contributed by atoms with Crippen molar-refractivity contribution in [2.24, 2.45) is 20.0 Å². The van der Waals surface area contributed by atoms with Crippen LogP contribution in [0.5, 0.6) is 0 Å². The van der Waals surface area contributed by atoms with Gasteiger partial charge in [0.15, 0.2) is 0 Å². The van der Waals surface area contributed by atoms with Crippen LogP contribution in [0.1, 0.15) is 116 Å². The van der Waals surface area contributed by atoms with Gasteiger partial charge in [0.1, 0.15) is 5.70 Å². The third kappa shape index (κ3) is 8.34. The Bertz CT molecular complexity index is 2540. The van der Waals surface area contributed by atoms with E-state index < -0.39 is 0 Å². The zero-order valence-electron chi connectivity index (χ0n) is 37.3. The lowest BCUT2D eigenvalue weighted by molar-refractivity contribution is 0.567. The summed E-state index contributed by atoms with van der Waals surface area (Å²) in [7, 11) is 0. The van der Waals surface area contributed by atoms with Gasteiger partial charge in [-0.25, -0.2) is 20.0 Å². The highest BCUT2D eigenvalue weighted by atomic mass is 15.4. The number of hydrogen-bond acceptors (Lipinski definition) is 6. The highest BCUT2D eigenvalue weighted by molar-refractivity contribution is 6.34. The van der Waals surface area contributed by atoms with Crippen LogP contribution in [-0.2, 0) is 21.7 Å². The normalized spacial score (nSPS) is 17.7. The maximum Gasteiger partial charge on any atom is 0.105 e. The molecule has 5 heterocycles. The lowest BCUT2D eigenvalue weighted by atomic mass is 9.78. The van der Waals surface area contributed by atoms with E-state index in [0.717, 1.165) is 79.3 Å². The number of hydrazine groups is 1. The van der Waals surface area contributed by atoms with Crippen LogP contribution < -0.4 is 10.9 Å². The lowest BCUT2D eigenvalue weighted by Crippen LogP contribution is -2.26. The van der Waals surface area contributed by atoms with E-state index in [9.17, 15) is 0 Å². The summed E-state index contributed by atoms with van der Waals surface area (Å²) in [5, 5.41) is 0. The Labute approximate surface area is 357 Å². The molecule has 0 saturated carbocycles. The third-order valence-corrected chi connectivity index (χ3v) is 11.4. The van der Waals surface area contributed by atoms with Gasteiger partial charge in [0.2, 0.25) is 0 Å². The smallest absolute Gasteiger partial charge is 0.105 e. The molecular weight excluding hydrogens is 733 g/mol. The Morgan fingerprint density at radius 2 is 0.850 bits per heavy atom. The zero-order chi connectivity index (χ0) is 42.8. The Morgan fingerprint density at radius 3 is 1.40 bits per heavy atom. The molecular formula is C54H58N6. The van der Waals surface area contributed by atoms with Crippen LogP contribution in [0.25, 0.3) is 11.1 Å². The summed E-state index contributed by atoms with van der Waals surface area (Å²) >= 11 is 0. The molecule has 8 rings (SSSR count). The van der Waals surface area contributed by atoms with Crippen LogP contribution in [0, 0.1) is 0 Å². The highest BCUT2D eigenvalue weighted by Crippen LogP contribution is 2.39. The van der Waals surface area contributed by atoms with Gasteiger partial charge >= 0.3 is 0 Å². The number of fused-ring (bicyclic) bond motifs is 4. The zero-order valence-corrected chi connectivity index (χ0v) is 37.3. The van der Waals surface area contributed by atoms with Crippen molar-refractivity contribution < 1.29 is 0 Å². The first-order chi connectivity index (χ1) is 28.2. The molecule has 8 bridgehead atoms. The van der Waals surface area contributed by atoms with Crippen LogP contribution >= 0.6 is 0 Å². The Kier molecular flexibility index (Phi) is 10.1. The Hall–Kier alpha value is -6.14. The van der Waals surface area contributed by atoms with E-state index in [1.54, 1.807) is 0 Å². The van der Waals surface area contributed by atoms with Crippen molar-refractivity contribution in [3.63, 3.8) is 0 Å². The van der Waals surface area contributed by atoms with E-state index >= 15 is 0 Å². The molecule has 3 aromatic carbocycles. The van der Waals surface area contributed by atoms with Gasteiger partial charge in [-0.15, -0.1) is 0 Å². The molecule has 0 amide bonds. The van der Waals surface area contributed by atoms with E-state index in [1.165, 1.54) is 22.3 Å². The van der Waals surface area contributed by atoms with E-state index in [1.807, 2.05) is 30.3 Å². The van der Waals surface area contributed by atoms with E-state index in [4.69, 9.17) is 20.0 Å². The van der Waals surface area contributed by atoms with Gasteiger partial charge in [0.25, 0.3) is 0 Å². The molecule has 0 aliphatic carbocycles. The maximum absolute atomic E-state index is 5.42. The van der Waals surface area contributed by atoms with Gasteiger partial charge in [0, 0.05) is 11.1 Å². The topological polar surface area (TPSA) is 73.5 Å². The molecule has 5 aliphatic heterocycles. The highest BCUT2D eigenvalue weighted by Gasteiger charge is 2.29. The molecule has 0 radical (unpaired) electrons. The molecule has 0 atom stereocenters. The molecule has 0 unspecified atom stereocenters. The molecule has 6 heteroatoms. The number of nitrogens with one attached hydrogen (secondary N) is 2. The molecule has 6 nitrogen and oxygen atoms in total. The van der Waals surface area contributed by atoms with Gasteiger partial charge in [-0.3, -0.25) is 5.43 Å². The predicted octanol–water partition coefficient (Wildman–Crippen LogP) is 12.8. The van der Waals surface area contributed by atoms with Gasteiger partial charge in [-0.05, 0) is 122 Å². The van der Waals surface area contributed by atoms with Crippen LogP contribution in [0.3, 0.4) is 0 Å². The summed E-state index contributed by atoms with van der Waals surface area (Å²) in [6.45, 7) is 27.3. The van der Waals surface area contributed by atoms with Crippen molar-refractivity contribution in [1.29, 1.82) is 0 Å². The molecule has 3 aromatic rings. The number of para-hydroxylation sites is 1. The number of nitrogens with zero attached hydrogens (tertiary/aromatic N) is 4. The summed E-state index contributed by atoms with van der Waals surface area (Å²) < 4.78 is 0. The SMILES string of the molecule is CC(C)(C)c1cc(C2=C3C=CC(=N3)C=C3C=CC(=N3)C(c3cc(C(C)(C)C)cc(C(C)(C)C)c3)=C3C=CC(=N3)C(NNc3ccccc3)=C3C=CC2=N3)cc(C(C)(C)C)c1. The standard InChI is InChI=1S/C54H58N6/c1-51(2,3)35-26-33(27-36(30-35)52(4,5)6)48-42-20-18-40(55-42)32-41-19-21-43(56-41)49(34-28-37(53(7,8)9)31-38(29-34)54(10,11)12)45-23-25-47(58-45)50(46-24-22-44(48)57-46)60-59-39-16-14-13-15-17-39/h13-32,59-60H,1-12H3. The van der Waals surface area contributed by atoms with Gasteiger partial charge in [0.05, 0.1) is 51.3 Å². The van der Waals surface area contributed by atoms with Crippen molar-refractivity contribution in [1.82, 2.24) is 5.43 Å². The molecule has 304 valence electrons. The molecule has 0 aromatic heterocycles. The van der Waals surface area contributed by atoms with Gasteiger partial charge in [-0.1, -0.05) is 138 Å². The number of anilines is 1. The summed E-state index contributed by atoms with van der Waals surface area (Å²) in [4.78, 5) is 21.4. The number of benzene rings is 3. The minimum absolute atomic E-state index is 0.0631. The summed E-state index contributed by atoms with van der Waals surface area (Å²) in [5.41, 5.74) is 24.3. The molecule has 60 heavy (non-hydrogen) atoms. The second kappa shape index (κ2) is 14.8. The predicted molar refractivity (Wildman–Crippen MR) is 256 cm³/mol. The number of hydrogen-bond donors (Lipinski definition) is 2. The summed E-state index contributed by atoms with van der Waals surface area (Å²) in [6, 6.07) is 24.1. The average Bonchev–Trinajstić information content (AvgIpc) is 4.01. The monoisotopic (exact) mass is 790 g/mol. The van der Waals surface area contributed by atoms with Crippen molar-refractivity contribution in [3.05, 3.63) is 183 Å². The fourth-order valence-electron chi connectivity index (χ4n) is 7.67. The fraction of sp³-hybridized carbons (Fsp3) is 0.296. The lowest BCUT2D eigenvalue weighted by Gasteiger charge is -2.27. The summed E-state index contributed by atoms with van der Waals surface area (Å²) in [6.07, 6.45) is 18.9. The summed E-state index contributed by atoms with van der Waals surface area (Å²) in [5.74, 6) is 0. The van der Waals surface area contributed by atoms with Crippen molar-refractivity contribution >= 4 is 39.7 Å². The minimum atomic E-state index is -0.0631.